The molecule has 6 heteroatoms. The minimum atomic E-state index is -0.588. The van der Waals surface area contributed by atoms with Crippen LogP contribution in [0.5, 0.6) is 0 Å². The summed E-state index contributed by atoms with van der Waals surface area (Å²) >= 11 is 0. The Bertz CT molecular complexity index is 467. The first kappa shape index (κ1) is 10.7. The second-order valence-corrected chi connectivity index (χ2v) is 2.64. The summed E-state index contributed by atoms with van der Waals surface area (Å²) in [7, 11) is 1.23. The second kappa shape index (κ2) is 4.19. The molecule has 0 spiro atoms. The van der Waals surface area contributed by atoms with E-state index in [9.17, 15) is 4.79 Å². The van der Waals surface area contributed by atoms with Gasteiger partial charge in [-0.2, -0.15) is 5.26 Å². The van der Waals surface area contributed by atoms with Crippen LogP contribution < -0.4 is 5.73 Å². The van der Waals surface area contributed by atoms with E-state index in [1.807, 2.05) is 0 Å². The normalized spacial score (nSPS) is 9.07. The van der Waals surface area contributed by atoms with E-state index >= 15 is 0 Å². The van der Waals surface area contributed by atoms with Gasteiger partial charge in [-0.25, -0.2) is 9.78 Å². The SMILES string of the molecule is COC(=O)c1cnc(N)c(C(=N)C#N)c1.[HH]. The molecule has 1 rings (SSSR count). The Labute approximate surface area is 87.3 Å². The number of nitrogens with two attached hydrogens (primary N) is 1. The summed E-state index contributed by atoms with van der Waals surface area (Å²) in [5.74, 6) is -0.552. The van der Waals surface area contributed by atoms with Crippen molar-refractivity contribution in [2.45, 2.75) is 0 Å². The van der Waals surface area contributed by atoms with Crippen molar-refractivity contribution in [1.29, 1.82) is 10.7 Å². The Morgan fingerprint density at radius 1 is 1.80 bits per heavy atom. The number of carbonyl (C=O) groups is 1. The molecule has 0 aliphatic carbocycles. The first-order chi connectivity index (χ1) is 7.10. The summed E-state index contributed by atoms with van der Waals surface area (Å²) in [6.07, 6.45) is 1.23. The number of nitrogens with zero attached hydrogens (tertiary/aromatic N) is 2. The maximum absolute atomic E-state index is 11.1. The molecule has 0 aromatic carbocycles. The molecule has 0 radical (unpaired) electrons. The van der Waals surface area contributed by atoms with Crippen molar-refractivity contribution in [3.05, 3.63) is 23.4 Å². The van der Waals surface area contributed by atoms with Gasteiger partial charge >= 0.3 is 5.97 Å². The number of carbonyl (C=O) groups excluding carboxylic acids is 1. The third-order valence-electron chi connectivity index (χ3n) is 1.72. The summed E-state index contributed by atoms with van der Waals surface area (Å²) in [5.41, 5.74) is 5.39. The maximum atomic E-state index is 11.1. The molecule has 0 unspecified atom stereocenters. The summed E-state index contributed by atoms with van der Waals surface area (Å²) in [6, 6.07) is 2.92. The third kappa shape index (κ3) is 2.08. The summed E-state index contributed by atoms with van der Waals surface area (Å²) in [4.78, 5) is 14.8. The van der Waals surface area contributed by atoms with Gasteiger partial charge in [0.1, 0.15) is 17.6 Å². The van der Waals surface area contributed by atoms with Crippen LogP contribution in [0.2, 0.25) is 0 Å². The number of methoxy groups -OCH3 is 1. The number of rotatable bonds is 2. The van der Waals surface area contributed by atoms with Gasteiger partial charge in [-0.15, -0.1) is 0 Å². The molecule has 1 aromatic heterocycles. The third-order valence-corrected chi connectivity index (χ3v) is 1.72. The average Bonchev–Trinajstić information content (AvgIpc) is 2.27. The highest BCUT2D eigenvalue weighted by atomic mass is 16.5. The fraction of sp³-hybridized carbons (Fsp3) is 0.111. The molecule has 0 aliphatic rings. The molecule has 78 valence electrons. The summed E-state index contributed by atoms with van der Waals surface area (Å²) < 4.78 is 4.47. The minimum Gasteiger partial charge on any atom is -0.465 e. The van der Waals surface area contributed by atoms with Gasteiger partial charge < -0.3 is 10.5 Å². The van der Waals surface area contributed by atoms with E-state index in [2.05, 4.69) is 9.72 Å². The molecule has 0 amide bonds. The largest absolute Gasteiger partial charge is 0.465 e. The molecule has 3 N–H and O–H groups in total. The van der Waals surface area contributed by atoms with Crippen LogP contribution in [-0.4, -0.2) is 23.8 Å². The van der Waals surface area contributed by atoms with Crippen LogP contribution in [0.1, 0.15) is 17.3 Å². The molecule has 0 fully saturated rings. The molecule has 1 heterocycles. The Hall–Kier alpha value is -2.42. The van der Waals surface area contributed by atoms with Crippen LogP contribution in [0.15, 0.2) is 12.3 Å². The van der Waals surface area contributed by atoms with Gasteiger partial charge in [0, 0.05) is 7.62 Å². The topological polar surface area (TPSA) is 113 Å². The number of ether oxygens (including phenoxy) is 1. The van der Waals surface area contributed by atoms with E-state index in [0.29, 0.717) is 0 Å². The van der Waals surface area contributed by atoms with Crippen LogP contribution in [-0.2, 0) is 4.74 Å². The molecule has 0 aliphatic heterocycles. The second-order valence-electron chi connectivity index (χ2n) is 2.64. The van der Waals surface area contributed by atoms with Crippen LogP contribution in [0, 0.1) is 16.7 Å². The molecule has 0 saturated carbocycles. The van der Waals surface area contributed by atoms with Crippen molar-refractivity contribution in [2.24, 2.45) is 0 Å². The van der Waals surface area contributed by atoms with Crippen molar-refractivity contribution in [2.75, 3.05) is 12.8 Å². The fourth-order valence-corrected chi connectivity index (χ4v) is 0.965. The van der Waals surface area contributed by atoms with E-state index < -0.39 is 5.97 Å². The zero-order chi connectivity index (χ0) is 11.4. The van der Waals surface area contributed by atoms with Crippen molar-refractivity contribution in [3.63, 3.8) is 0 Å². The molecule has 15 heavy (non-hydrogen) atoms. The average molecular weight is 206 g/mol. The lowest BCUT2D eigenvalue weighted by Crippen LogP contribution is -2.08. The van der Waals surface area contributed by atoms with Crippen molar-refractivity contribution >= 4 is 17.5 Å². The number of nitriles is 1. The van der Waals surface area contributed by atoms with Gasteiger partial charge in [-0.05, 0) is 6.07 Å². The number of nitrogen functional groups attached to an aromatic ring is 1. The predicted octanol–water partition coefficient (Wildman–Crippen LogP) is 0.588. The highest BCUT2D eigenvalue weighted by Crippen LogP contribution is 2.12. The van der Waals surface area contributed by atoms with E-state index in [4.69, 9.17) is 16.4 Å². The van der Waals surface area contributed by atoms with Gasteiger partial charge in [-0.3, -0.25) is 5.41 Å². The molecule has 0 atom stereocenters. The minimum absolute atomic E-state index is 0. The maximum Gasteiger partial charge on any atom is 0.339 e. The van der Waals surface area contributed by atoms with E-state index in [0.717, 1.165) is 0 Å². The Morgan fingerprint density at radius 3 is 3.00 bits per heavy atom. The Kier molecular flexibility index (Phi) is 2.98. The first-order valence-corrected chi connectivity index (χ1v) is 3.93. The predicted molar refractivity (Wildman–Crippen MR) is 54.5 cm³/mol. The quantitative estimate of drug-likeness (QED) is 0.543. The summed E-state index contributed by atoms with van der Waals surface area (Å²) in [6.45, 7) is 0. The van der Waals surface area contributed by atoms with Crippen LogP contribution in [0.3, 0.4) is 0 Å². The van der Waals surface area contributed by atoms with E-state index in [-0.39, 0.29) is 24.1 Å². The number of nitrogens with one attached hydrogen (secondary N) is 1. The lowest BCUT2D eigenvalue weighted by molar-refractivity contribution is 0.0600. The highest BCUT2D eigenvalue weighted by molar-refractivity contribution is 6.12. The lowest BCUT2D eigenvalue weighted by Gasteiger charge is -2.03. The zero-order valence-corrected chi connectivity index (χ0v) is 7.94. The van der Waals surface area contributed by atoms with E-state index in [1.54, 1.807) is 6.07 Å². The van der Waals surface area contributed by atoms with Crippen molar-refractivity contribution < 1.29 is 11.0 Å². The zero-order valence-electron chi connectivity index (χ0n) is 7.94. The van der Waals surface area contributed by atoms with Gasteiger partial charge in [0.05, 0.1) is 18.2 Å². The fourth-order valence-electron chi connectivity index (χ4n) is 0.965. The first-order valence-electron chi connectivity index (χ1n) is 3.93. The van der Waals surface area contributed by atoms with Crippen molar-refractivity contribution in [1.82, 2.24) is 4.98 Å². The molecule has 1 aromatic rings. The number of aromatic nitrogens is 1. The Morgan fingerprint density at radius 2 is 2.47 bits per heavy atom. The van der Waals surface area contributed by atoms with Gasteiger partial charge in [0.15, 0.2) is 0 Å². The van der Waals surface area contributed by atoms with Gasteiger partial charge in [0.2, 0.25) is 0 Å². The summed E-state index contributed by atoms with van der Waals surface area (Å²) in [5, 5.41) is 15.8. The molecular formula is C9H10N4O2. The number of pyridine rings is 1. The lowest BCUT2D eigenvalue weighted by atomic mass is 10.1. The van der Waals surface area contributed by atoms with Gasteiger partial charge in [-0.1, -0.05) is 0 Å². The number of anilines is 1. The van der Waals surface area contributed by atoms with Crippen LogP contribution in [0.4, 0.5) is 5.82 Å². The molecular weight excluding hydrogens is 196 g/mol. The standard InChI is InChI=1S/C9H8N4O2.H2/c1-15-9(14)5-2-6(7(11)3-10)8(12)13-4-5;/h2,4,11H,1H3,(H2,12,13);1H. The van der Waals surface area contributed by atoms with Crippen LogP contribution >= 0.6 is 0 Å². The molecule has 0 bridgehead atoms. The number of hydrogen-bond acceptors (Lipinski definition) is 6. The highest BCUT2D eigenvalue weighted by Gasteiger charge is 2.12. The van der Waals surface area contributed by atoms with Crippen LogP contribution in [0.25, 0.3) is 0 Å². The van der Waals surface area contributed by atoms with Crippen molar-refractivity contribution in [3.8, 4) is 6.07 Å². The molecule has 0 saturated heterocycles. The Balaban J connectivity index is 0.00000225. The smallest absolute Gasteiger partial charge is 0.339 e. The number of esters is 1. The van der Waals surface area contributed by atoms with Gasteiger partial charge in [0.25, 0.3) is 0 Å². The molecule has 6 nitrogen and oxygen atoms in total. The number of hydrogen-bond donors (Lipinski definition) is 2. The monoisotopic (exact) mass is 206 g/mol. The van der Waals surface area contributed by atoms with E-state index in [1.165, 1.54) is 19.4 Å².